The highest BCUT2D eigenvalue weighted by molar-refractivity contribution is 7.98. The third kappa shape index (κ3) is 4.40. The minimum absolute atomic E-state index is 0.103. The van der Waals surface area contributed by atoms with E-state index in [2.05, 4.69) is 18.1 Å². The van der Waals surface area contributed by atoms with Crippen molar-refractivity contribution in [1.29, 1.82) is 0 Å². The van der Waals surface area contributed by atoms with Gasteiger partial charge in [-0.25, -0.2) is 22.7 Å². The van der Waals surface area contributed by atoms with Crippen LogP contribution in [0.4, 0.5) is 0 Å². The summed E-state index contributed by atoms with van der Waals surface area (Å²) < 4.78 is 30.1. The van der Waals surface area contributed by atoms with E-state index in [-0.39, 0.29) is 10.5 Å². The van der Waals surface area contributed by atoms with Gasteiger partial charge < -0.3 is 4.57 Å². The number of benzene rings is 2. The topological polar surface area (TPSA) is 90.1 Å². The lowest BCUT2D eigenvalue weighted by atomic mass is 10.2. The summed E-state index contributed by atoms with van der Waals surface area (Å²) in [7, 11) is -0.535. The maximum absolute atomic E-state index is 13.0. The molecule has 0 aliphatic rings. The molecule has 34 heavy (non-hydrogen) atoms. The molecule has 2 heterocycles. The van der Waals surface area contributed by atoms with E-state index in [1.165, 1.54) is 30.2 Å². The highest BCUT2D eigenvalue weighted by atomic mass is 32.2. The summed E-state index contributed by atoms with van der Waals surface area (Å²) in [6, 6.07) is 12.3. The first-order valence-electron chi connectivity index (χ1n) is 10.9. The maximum Gasteiger partial charge on any atom is 0.262 e. The van der Waals surface area contributed by atoms with Crippen LogP contribution in [-0.4, -0.2) is 45.9 Å². The molecule has 0 fully saturated rings. The van der Waals surface area contributed by atoms with Gasteiger partial charge in [-0.05, 0) is 36.8 Å². The van der Waals surface area contributed by atoms with Gasteiger partial charge in [-0.2, -0.15) is 0 Å². The van der Waals surface area contributed by atoms with Crippen molar-refractivity contribution in [2.24, 2.45) is 0 Å². The number of rotatable bonds is 9. The Morgan fingerprint density at radius 1 is 1.09 bits per heavy atom. The van der Waals surface area contributed by atoms with E-state index >= 15 is 0 Å². The molecule has 8 nitrogen and oxygen atoms in total. The number of thioether (sulfide) groups is 1. The lowest BCUT2D eigenvalue weighted by molar-refractivity contribution is 0.521. The molecule has 2 aromatic carbocycles. The van der Waals surface area contributed by atoms with Gasteiger partial charge in [-0.1, -0.05) is 36.9 Å². The monoisotopic (exact) mass is 497 g/mol. The Balaban J connectivity index is 1.75. The molecule has 0 unspecified atom stereocenters. The Kier molecular flexibility index (Phi) is 6.92. The van der Waals surface area contributed by atoms with Crippen LogP contribution in [0, 0.1) is 0 Å². The summed E-state index contributed by atoms with van der Waals surface area (Å²) in [5.41, 5.74) is 2.05. The van der Waals surface area contributed by atoms with Crippen LogP contribution in [0.25, 0.3) is 21.9 Å². The van der Waals surface area contributed by atoms with E-state index in [1.807, 2.05) is 24.3 Å². The van der Waals surface area contributed by atoms with Crippen LogP contribution in [0.15, 0.2) is 70.0 Å². The maximum atomic E-state index is 13.0. The minimum atomic E-state index is -3.56. The van der Waals surface area contributed by atoms with Crippen LogP contribution in [0.3, 0.4) is 0 Å². The summed E-state index contributed by atoms with van der Waals surface area (Å²) in [5.74, 6) is 1.28. The molecule has 0 bridgehead atoms. The lowest BCUT2D eigenvalue weighted by Gasteiger charge is -2.12. The molecule has 2 aromatic heterocycles. The van der Waals surface area contributed by atoms with Crippen molar-refractivity contribution in [3.63, 3.8) is 0 Å². The zero-order valence-electron chi connectivity index (χ0n) is 19.4. The van der Waals surface area contributed by atoms with Crippen molar-refractivity contribution < 1.29 is 8.42 Å². The number of hydrogen-bond donors (Lipinski definition) is 0. The summed E-state index contributed by atoms with van der Waals surface area (Å²) in [4.78, 5) is 22.7. The second-order valence-corrected chi connectivity index (χ2v) is 11.1. The van der Waals surface area contributed by atoms with Crippen molar-refractivity contribution >= 4 is 43.7 Å². The Morgan fingerprint density at radius 3 is 2.56 bits per heavy atom. The van der Waals surface area contributed by atoms with Crippen LogP contribution in [-0.2, 0) is 28.9 Å². The molecular formula is C24H27N5O3S2. The molecule has 0 N–H and O–H groups in total. The molecule has 0 spiro atoms. The first kappa shape index (κ1) is 24.2. The number of para-hydroxylation sites is 1. The Morgan fingerprint density at radius 2 is 1.85 bits per heavy atom. The van der Waals surface area contributed by atoms with Crippen molar-refractivity contribution in [2.75, 3.05) is 14.1 Å². The number of fused-ring (bicyclic) bond motifs is 2. The molecule has 0 saturated carbocycles. The molecule has 10 heteroatoms. The second kappa shape index (κ2) is 9.73. The molecule has 178 valence electrons. The van der Waals surface area contributed by atoms with E-state index < -0.39 is 10.0 Å². The number of hydrogen-bond acceptors (Lipinski definition) is 6. The Labute approximate surface area is 203 Å². The fraction of sp³-hybridized carbons (Fsp3) is 0.292. The van der Waals surface area contributed by atoms with Gasteiger partial charge in [0, 0.05) is 27.2 Å². The molecule has 0 aliphatic carbocycles. The molecular weight excluding hydrogens is 470 g/mol. The van der Waals surface area contributed by atoms with E-state index in [0.717, 1.165) is 24.3 Å². The second-order valence-electron chi connectivity index (χ2n) is 8.02. The predicted molar refractivity (Wildman–Crippen MR) is 137 cm³/mol. The molecule has 0 amide bonds. The van der Waals surface area contributed by atoms with Crippen LogP contribution in [0.1, 0.15) is 19.2 Å². The van der Waals surface area contributed by atoms with E-state index in [9.17, 15) is 13.2 Å². The third-order valence-corrected chi connectivity index (χ3v) is 8.28. The number of sulfonamides is 1. The van der Waals surface area contributed by atoms with Gasteiger partial charge in [-0.15, -0.1) is 6.58 Å². The number of nitrogens with zero attached hydrogens (tertiary/aromatic N) is 5. The SMILES string of the molecule is C=CCn1c(SCc2nc3cc(S(=O)(=O)N(C)C)ccc3n2CCC)nc2ccccc2c1=O. The standard InChI is InChI=1S/C24H27N5O3S2/c1-5-13-28-21-12-11-17(34(31,32)27(3)4)15-20(21)25-22(28)16-33-24-26-19-10-8-7-9-18(19)23(30)29(24)14-6-2/h6-12,15H,2,5,13-14,16H2,1,3-4H3. The zero-order chi connectivity index (χ0) is 24.5. The molecule has 4 aromatic rings. The van der Waals surface area contributed by atoms with Crippen molar-refractivity contribution in [3.05, 3.63) is 71.3 Å². The van der Waals surface area contributed by atoms with E-state index in [1.54, 1.807) is 28.8 Å². The zero-order valence-corrected chi connectivity index (χ0v) is 21.1. The number of imidazole rings is 1. The molecule has 4 rings (SSSR count). The molecule has 0 radical (unpaired) electrons. The Bertz CT molecular complexity index is 1540. The normalized spacial score (nSPS) is 12.1. The Hall–Kier alpha value is -2.95. The quantitative estimate of drug-likeness (QED) is 0.198. The third-order valence-electron chi connectivity index (χ3n) is 5.49. The molecule has 0 aliphatic heterocycles. The smallest absolute Gasteiger partial charge is 0.262 e. The van der Waals surface area contributed by atoms with Crippen molar-refractivity contribution in [3.8, 4) is 0 Å². The lowest BCUT2D eigenvalue weighted by Crippen LogP contribution is -2.22. The van der Waals surface area contributed by atoms with Gasteiger partial charge >= 0.3 is 0 Å². The number of aryl methyl sites for hydroxylation is 1. The van der Waals surface area contributed by atoms with Gasteiger partial charge in [0.2, 0.25) is 10.0 Å². The summed E-state index contributed by atoms with van der Waals surface area (Å²) in [6.45, 7) is 6.97. The van der Waals surface area contributed by atoms with Crippen LogP contribution in [0.2, 0.25) is 0 Å². The molecule has 0 saturated heterocycles. The van der Waals surface area contributed by atoms with Crippen molar-refractivity contribution in [2.45, 2.75) is 42.2 Å². The summed E-state index contributed by atoms with van der Waals surface area (Å²) >= 11 is 1.43. The predicted octanol–water partition coefficient (Wildman–Crippen LogP) is 3.88. The average Bonchev–Trinajstić information content (AvgIpc) is 3.16. The largest absolute Gasteiger partial charge is 0.327 e. The van der Waals surface area contributed by atoms with Gasteiger partial charge in [0.25, 0.3) is 5.56 Å². The summed E-state index contributed by atoms with van der Waals surface area (Å²) in [6.07, 6.45) is 2.58. The first-order valence-corrected chi connectivity index (χ1v) is 13.4. The first-order chi connectivity index (χ1) is 16.3. The van der Waals surface area contributed by atoms with Gasteiger partial charge in [0.1, 0.15) is 5.82 Å². The highest BCUT2D eigenvalue weighted by Crippen LogP contribution is 2.27. The van der Waals surface area contributed by atoms with Gasteiger partial charge in [-0.3, -0.25) is 9.36 Å². The minimum Gasteiger partial charge on any atom is -0.327 e. The van der Waals surface area contributed by atoms with Crippen LogP contribution in [0.5, 0.6) is 0 Å². The molecule has 0 atom stereocenters. The fourth-order valence-electron chi connectivity index (χ4n) is 3.79. The summed E-state index contributed by atoms with van der Waals surface area (Å²) in [5, 5.41) is 1.16. The van der Waals surface area contributed by atoms with E-state index in [4.69, 9.17) is 9.97 Å². The highest BCUT2D eigenvalue weighted by Gasteiger charge is 2.20. The van der Waals surface area contributed by atoms with E-state index in [0.29, 0.717) is 33.9 Å². The van der Waals surface area contributed by atoms with Crippen LogP contribution >= 0.6 is 11.8 Å². The van der Waals surface area contributed by atoms with Gasteiger partial charge in [0.15, 0.2) is 5.16 Å². The van der Waals surface area contributed by atoms with Crippen molar-refractivity contribution in [1.82, 2.24) is 23.4 Å². The number of allylic oxidation sites excluding steroid dienone is 1. The number of aromatic nitrogens is 4. The average molecular weight is 498 g/mol. The fourth-order valence-corrected chi connectivity index (χ4v) is 5.67. The van der Waals surface area contributed by atoms with Crippen LogP contribution < -0.4 is 5.56 Å². The van der Waals surface area contributed by atoms with Gasteiger partial charge in [0.05, 0.1) is 32.6 Å².